The maximum atomic E-state index is 10.7. The predicted octanol–water partition coefficient (Wildman–Crippen LogP) is 4.33. The minimum Gasteiger partial charge on any atom is -0.481 e. The molecule has 0 spiro atoms. The summed E-state index contributed by atoms with van der Waals surface area (Å²) >= 11 is 0. The third-order valence-electron chi connectivity index (χ3n) is 5.36. The summed E-state index contributed by atoms with van der Waals surface area (Å²) < 4.78 is 5.55. The van der Waals surface area contributed by atoms with Crippen molar-refractivity contribution in [1.82, 2.24) is 15.1 Å². The fraction of sp³-hybridized carbons (Fsp3) is 0.364. The third kappa shape index (κ3) is 3.81. The molecule has 4 rings (SSSR count). The van der Waals surface area contributed by atoms with E-state index in [0.29, 0.717) is 18.1 Å². The van der Waals surface area contributed by atoms with Gasteiger partial charge >= 0.3 is 5.97 Å². The smallest absolute Gasteiger partial charge is 0.303 e. The zero-order valence-electron chi connectivity index (χ0n) is 16.1. The van der Waals surface area contributed by atoms with Gasteiger partial charge in [-0.15, -0.1) is 0 Å². The van der Waals surface area contributed by atoms with E-state index < -0.39 is 5.97 Å². The first kappa shape index (κ1) is 18.3. The van der Waals surface area contributed by atoms with E-state index in [1.54, 1.807) is 0 Å². The molecule has 0 saturated heterocycles. The fourth-order valence-corrected chi connectivity index (χ4v) is 3.75. The number of carboxylic acids is 1. The Morgan fingerprint density at radius 3 is 2.75 bits per heavy atom. The molecule has 28 heavy (non-hydrogen) atoms. The van der Waals surface area contributed by atoms with Crippen LogP contribution in [0.4, 0.5) is 0 Å². The second-order valence-corrected chi connectivity index (χ2v) is 8.18. The molecular weight excluding hydrogens is 354 g/mol. The molecule has 6 heteroatoms. The number of hydrogen-bond donors (Lipinski definition) is 1. The number of aliphatic carboxylic acids is 1. The lowest BCUT2D eigenvalue weighted by Crippen LogP contribution is -2.22. The fourth-order valence-electron chi connectivity index (χ4n) is 3.75. The number of nitrogens with zero attached hydrogens (tertiary/aromatic N) is 3. The number of aromatic nitrogens is 3. The van der Waals surface area contributed by atoms with Crippen molar-refractivity contribution >= 4 is 5.97 Å². The van der Waals surface area contributed by atoms with E-state index in [2.05, 4.69) is 29.0 Å². The van der Waals surface area contributed by atoms with E-state index in [-0.39, 0.29) is 11.8 Å². The number of carboxylic acid groups (broad SMARTS) is 1. The third-order valence-corrected chi connectivity index (χ3v) is 5.36. The first-order chi connectivity index (χ1) is 13.4. The number of benzene rings is 1. The van der Waals surface area contributed by atoms with E-state index in [0.717, 1.165) is 36.0 Å². The second kappa shape index (κ2) is 7.19. The van der Waals surface area contributed by atoms with Crippen molar-refractivity contribution in [3.05, 3.63) is 53.3 Å². The van der Waals surface area contributed by atoms with Crippen molar-refractivity contribution in [2.24, 2.45) is 5.41 Å². The average Bonchev–Trinajstić information content (AvgIpc) is 3.15. The lowest BCUT2D eigenvalue weighted by atomic mass is 9.74. The summed E-state index contributed by atoms with van der Waals surface area (Å²) in [7, 11) is 0. The summed E-state index contributed by atoms with van der Waals surface area (Å²) in [5, 5.41) is 12.9. The average molecular weight is 377 g/mol. The number of carbonyl (C=O) groups is 1. The molecule has 0 aliphatic heterocycles. The topological polar surface area (TPSA) is 89.1 Å². The maximum absolute atomic E-state index is 10.7. The molecule has 6 nitrogen and oxygen atoms in total. The van der Waals surface area contributed by atoms with Gasteiger partial charge in [-0.1, -0.05) is 43.3 Å². The molecule has 1 N–H and O–H groups in total. The molecule has 0 fully saturated rings. The molecule has 2 heterocycles. The molecule has 1 aliphatic carbocycles. The van der Waals surface area contributed by atoms with Crippen LogP contribution in [0.1, 0.15) is 43.4 Å². The van der Waals surface area contributed by atoms with Crippen LogP contribution in [0.5, 0.6) is 0 Å². The Morgan fingerprint density at radius 2 is 2.00 bits per heavy atom. The molecule has 0 amide bonds. The van der Waals surface area contributed by atoms with Crippen molar-refractivity contribution < 1.29 is 14.4 Å². The Morgan fingerprint density at radius 1 is 1.21 bits per heavy atom. The molecular formula is C22H23N3O3. The van der Waals surface area contributed by atoms with Crippen LogP contribution in [-0.4, -0.2) is 26.2 Å². The standard InChI is InChI=1S/C22H23N3O3/c1-22(2)10-9-17-16(11-22)12-23-13-18(17)21-24-20(25-28-21)15-6-3-14(4-7-15)5-8-19(26)27/h3-4,6-7,12-13H,5,8-11H2,1-2H3,(H,26,27). The molecule has 0 radical (unpaired) electrons. The summed E-state index contributed by atoms with van der Waals surface area (Å²) in [5.41, 5.74) is 5.54. The van der Waals surface area contributed by atoms with Gasteiger partial charge in [0.1, 0.15) is 0 Å². The SMILES string of the molecule is CC1(C)CCc2c(cncc2-c2nc(-c3ccc(CCC(=O)O)cc3)no2)C1. The zero-order valence-corrected chi connectivity index (χ0v) is 16.1. The van der Waals surface area contributed by atoms with Crippen LogP contribution in [0, 0.1) is 5.41 Å². The summed E-state index contributed by atoms with van der Waals surface area (Å²) in [6.07, 6.45) is 7.49. The van der Waals surface area contributed by atoms with Crippen molar-refractivity contribution in [3.8, 4) is 22.8 Å². The minimum atomic E-state index is -0.796. The predicted molar refractivity (Wildman–Crippen MR) is 105 cm³/mol. The Hall–Kier alpha value is -3.02. The molecule has 144 valence electrons. The molecule has 3 aromatic rings. The number of pyridine rings is 1. The van der Waals surface area contributed by atoms with E-state index in [1.807, 2.05) is 36.7 Å². The molecule has 0 unspecified atom stereocenters. The van der Waals surface area contributed by atoms with E-state index in [4.69, 9.17) is 9.63 Å². The summed E-state index contributed by atoms with van der Waals surface area (Å²) in [5.74, 6) is 0.220. The molecule has 2 aromatic heterocycles. The largest absolute Gasteiger partial charge is 0.481 e. The van der Waals surface area contributed by atoms with Crippen LogP contribution >= 0.6 is 0 Å². The van der Waals surface area contributed by atoms with Gasteiger partial charge < -0.3 is 9.63 Å². The minimum absolute atomic E-state index is 0.120. The molecule has 0 saturated carbocycles. The Bertz CT molecular complexity index is 1010. The highest BCUT2D eigenvalue weighted by atomic mass is 16.5. The van der Waals surface area contributed by atoms with Gasteiger partial charge in [-0.05, 0) is 47.8 Å². The lowest BCUT2D eigenvalue weighted by molar-refractivity contribution is -0.136. The first-order valence-corrected chi connectivity index (χ1v) is 9.52. The summed E-state index contributed by atoms with van der Waals surface area (Å²) in [6.45, 7) is 4.57. The summed E-state index contributed by atoms with van der Waals surface area (Å²) in [6, 6.07) is 7.60. The number of fused-ring (bicyclic) bond motifs is 1. The van der Waals surface area contributed by atoms with Crippen molar-refractivity contribution in [2.75, 3.05) is 0 Å². The van der Waals surface area contributed by atoms with Gasteiger partial charge in [0.2, 0.25) is 5.82 Å². The lowest BCUT2D eigenvalue weighted by Gasteiger charge is -2.31. The highest BCUT2D eigenvalue weighted by Gasteiger charge is 2.28. The molecule has 1 aromatic carbocycles. The Labute approximate surface area is 163 Å². The highest BCUT2D eigenvalue weighted by molar-refractivity contribution is 5.67. The monoisotopic (exact) mass is 377 g/mol. The molecule has 0 atom stereocenters. The van der Waals surface area contributed by atoms with Crippen LogP contribution in [0.25, 0.3) is 22.8 Å². The van der Waals surface area contributed by atoms with E-state index in [9.17, 15) is 4.79 Å². The van der Waals surface area contributed by atoms with Crippen LogP contribution in [-0.2, 0) is 24.1 Å². The Kier molecular flexibility index (Phi) is 4.71. The van der Waals surface area contributed by atoms with Crippen molar-refractivity contribution in [1.29, 1.82) is 0 Å². The quantitative estimate of drug-likeness (QED) is 0.712. The number of hydrogen-bond acceptors (Lipinski definition) is 5. The van der Waals surface area contributed by atoms with Gasteiger partial charge in [0.15, 0.2) is 0 Å². The van der Waals surface area contributed by atoms with Crippen molar-refractivity contribution in [2.45, 2.75) is 46.0 Å². The summed E-state index contributed by atoms with van der Waals surface area (Å²) in [4.78, 5) is 19.7. The first-order valence-electron chi connectivity index (χ1n) is 9.52. The van der Waals surface area contributed by atoms with Crippen LogP contribution in [0.2, 0.25) is 0 Å². The second-order valence-electron chi connectivity index (χ2n) is 8.18. The Balaban J connectivity index is 1.58. The van der Waals surface area contributed by atoms with Crippen LogP contribution in [0.3, 0.4) is 0 Å². The van der Waals surface area contributed by atoms with Gasteiger partial charge in [-0.3, -0.25) is 9.78 Å². The number of rotatable bonds is 5. The normalized spacial score (nSPS) is 15.2. The van der Waals surface area contributed by atoms with Gasteiger partial charge in [-0.25, -0.2) is 0 Å². The van der Waals surface area contributed by atoms with Gasteiger partial charge in [0, 0.05) is 24.4 Å². The van der Waals surface area contributed by atoms with Gasteiger partial charge in [0.25, 0.3) is 5.89 Å². The highest BCUT2D eigenvalue weighted by Crippen LogP contribution is 2.38. The van der Waals surface area contributed by atoms with Gasteiger partial charge in [-0.2, -0.15) is 4.98 Å². The molecule has 1 aliphatic rings. The van der Waals surface area contributed by atoms with Crippen LogP contribution < -0.4 is 0 Å². The van der Waals surface area contributed by atoms with Gasteiger partial charge in [0.05, 0.1) is 5.56 Å². The maximum Gasteiger partial charge on any atom is 0.303 e. The van der Waals surface area contributed by atoms with Crippen LogP contribution in [0.15, 0.2) is 41.2 Å². The molecule has 0 bridgehead atoms. The van der Waals surface area contributed by atoms with E-state index in [1.165, 1.54) is 11.1 Å². The van der Waals surface area contributed by atoms with Crippen molar-refractivity contribution in [3.63, 3.8) is 0 Å². The number of aryl methyl sites for hydroxylation is 1. The zero-order chi connectivity index (χ0) is 19.7. The van der Waals surface area contributed by atoms with E-state index >= 15 is 0 Å².